The molecule has 1 aromatic rings. The van der Waals surface area contributed by atoms with Crippen LogP contribution in [0.3, 0.4) is 0 Å². The van der Waals surface area contributed by atoms with Crippen molar-refractivity contribution < 1.29 is 9.90 Å². The van der Waals surface area contributed by atoms with Crippen LogP contribution in [0.2, 0.25) is 0 Å². The summed E-state index contributed by atoms with van der Waals surface area (Å²) in [5, 5.41) is 10.2. The molecule has 1 atom stereocenters. The molecule has 1 unspecified atom stereocenters. The molecular formula is C14H22N2O2S. The summed E-state index contributed by atoms with van der Waals surface area (Å²) in [6, 6.07) is 0.581. The molecule has 0 spiro atoms. The van der Waals surface area contributed by atoms with Gasteiger partial charge in [0.25, 0.3) is 0 Å². The molecule has 19 heavy (non-hydrogen) atoms. The molecule has 1 heterocycles. The van der Waals surface area contributed by atoms with Crippen molar-refractivity contribution in [1.29, 1.82) is 0 Å². The van der Waals surface area contributed by atoms with Crippen LogP contribution in [0.1, 0.15) is 67.7 Å². The number of hydrogen-bond acceptors (Lipinski definition) is 4. The van der Waals surface area contributed by atoms with E-state index in [0.717, 1.165) is 30.2 Å². The lowest BCUT2D eigenvalue weighted by molar-refractivity contribution is 0.0700. The summed E-state index contributed by atoms with van der Waals surface area (Å²) in [5.41, 5.74) is 0.761. The predicted octanol–water partition coefficient (Wildman–Crippen LogP) is 3.73. The maximum absolute atomic E-state index is 11.4. The highest BCUT2D eigenvalue weighted by atomic mass is 32.1. The zero-order chi connectivity index (χ0) is 14.0. The molecule has 0 amide bonds. The number of aromatic nitrogens is 1. The largest absolute Gasteiger partial charge is 0.477 e. The Morgan fingerprint density at radius 1 is 1.53 bits per heavy atom. The third-order valence-corrected chi connectivity index (χ3v) is 4.71. The predicted molar refractivity (Wildman–Crippen MR) is 78.4 cm³/mol. The number of carboxylic acids is 1. The van der Waals surface area contributed by atoms with E-state index in [9.17, 15) is 9.90 Å². The first-order chi connectivity index (χ1) is 9.08. The zero-order valence-electron chi connectivity index (χ0n) is 11.8. The molecule has 1 aromatic heterocycles. The molecule has 0 saturated heterocycles. The molecule has 0 bridgehead atoms. The SMILES string of the molecule is CCCN(c1nc(C(C)CC)c(C(=O)O)s1)C1CC1. The van der Waals surface area contributed by atoms with Crippen LogP contribution in [0, 0.1) is 0 Å². The van der Waals surface area contributed by atoms with Crippen LogP contribution in [-0.4, -0.2) is 28.6 Å². The minimum Gasteiger partial charge on any atom is -0.477 e. The van der Waals surface area contributed by atoms with Gasteiger partial charge in [0.2, 0.25) is 0 Å². The van der Waals surface area contributed by atoms with E-state index in [1.54, 1.807) is 0 Å². The van der Waals surface area contributed by atoms with Crippen LogP contribution < -0.4 is 4.90 Å². The first kappa shape index (κ1) is 14.3. The Morgan fingerprint density at radius 2 is 2.21 bits per heavy atom. The summed E-state index contributed by atoms with van der Waals surface area (Å²) in [7, 11) is 0. The van der Waals surface area contributed by atoms with Crippen molar-refractivity contribution >= 4 is 22.4 Å². The number of carbonyl (C=O) groups is 1. The summed E-state index contributed by atoms with van der Waals surface area (Å²) >= 11 is 1.34. The number of anilines is 1. The molecule has 0 aliphatic heterocycles. The highest BCUT2D eigenvalue weighted by Gasteiger charge is 2.32. The van der Waals surface area contributed by atoms with Gasteiger partial charge < -0.3 is 10.0 Å². The smallest absolute Gasteiger partial charge is 0.347 e. The highest BCUT2D eigenvalue weighted by molar-refractivity contribution is 7.17. The molecule has 1 aliphatic rings. The van der Waals surface area contributed by atoms with Crippen LogP contribution >= 0.6 is 11.3 Å². The molecule has 1 fully saturated rings. The first-order valence-electron chi connectivity index (χ1n) is 7.09. The second-order valence-electron chi connectivity index (χ2n) is 5.25. The van der Waals surface area contributed by atoms with Gasteiger partial charge in [0, 0.05) is 12.6 Å². The third-order valence-electron chi connectivity index (χ3n) is 3.61. The molecule has 4 nitrogen and oxygen atoms in total. The number of aromatic carboxylic acids is 1. The monoisotopic (exact) mass is 282 g/mol. The van der Waals surface area contributed by atoms with Gasteiger partial charge in [0.05, 0.1) is 5.69 Å². The van der Waals surface area contributed by atoms with Gasteiger partial charge in [-0.2, -0.15) is 0 Å². The van der Waals surface area contributed by atoms with Crippen LogP contribution in [0.5, 0.6) is 0 Å². The topological polar surface area (TPSA) is 53.4 Å². The molecule has 5 heteroatoms. The van der Waals surface area contributed by atoms with E-state index in [-0.39, 0.29) is 5.92 Å². The molecule has 1 saturated carbocycles. The molecular weight excluding hydrogens is 260 g/mol. The number of nitrogens with zero attached hydrogens (tertiary/aromatic N) is 2. The van der Waals surface area contributed by atoms with E-state index in [1.165, 1.54) is 24.2 Å². The average molecular weight is 282 g/mol. The Kier molecular flexibility index (Phi) is 4.45. The Morgan fingerprint density at radius 3 is 2.68 bits per heavy atom. The van der Waals surface area contributed by atoms with E-state index in [0.29, 0.717) is 10.9 Å². The van der Waals surface area contributed by atoms with Crippen molar-refractivity contribution in [2.45, 2.75) is 58.4 Å². The molecule has 0 radical (unpaired) electrons. The van der Waals surface area contributed by atoms with Crippen molar-refractivity contribution in [3.8, 4) is 0 Å². The molecule has 0 aromatic carbocycles. The van der Waals surface area contributed by atoms with Gasteiger partial charge in [-0.15, -0.1) is 0 Å². The maximum Gasteiger partial charge on any atom is 0.347 e. The van der Waals surface area contributed by atoms with E-state index >= 15 is 0 Å². The van der Waals surface area contributed by atoms with Crippen molar-refractivity contribution in [1.82, 2.24) is 4.98 Å². The lowest BCUT2D eigenvalue weighted by Crippen LogP contribution is -2.26. The van der Waals surface area contributed by atoms with E-state index in [4.69, 9.17) is 0 Å². The summed E-state index contributed by atoms with van der Waals surface area (Å²) < 4.78 is 0. The molecule has 106 valence electrons. The second-order valence-corrected chi connectivity index (χ2v) is 6.23. The molecule has 1 aliphatic carbocycles. The van der Waals surface area contributed by atoms with Crippen molar-refractivity contribution in [2.75, 3.05) is 11.4 Å². The lowest BCUT2D eigenvalue weighted by atomic mass is 10.0. The highest BCUT2D eigenvalue weighted by Crippen LogP contribution is 2.37. The minimum absolute atomic E-state index is 0.207. The number of thiazole rings is 1. The Bertz CT molecular complexity index is 454. The average Bonchev–Trinajstić information content (AvgIpc) is 3.12. The van der Waals surface area contributed by atoms with Crippen LogP contribution in [0.25, 0.3) is 0 Å². The van der Waals surface area contributed by atoms with Gasteiger partial charge in [-0.3, -0.25) is 0 Å². The van der Waals surface area contributed by atoms with Gasteiger partial charge >= 0.3 is 5.97 Å². The van der Waals surface area contributed by atoms with Gasteiger partial charge in [-0.25, -0.2) is 9.78 Å². The van der Waals surface area contributed by atoms with Crippen molar-refractivity contribution in [3.05, 3.63) is 10.6 Å². The first-order valence-corrected chi connectivity index (χ1v) is 7.90. The van der Waals surface area contributed by atoms with Gasteiger partial charge in [0.15, 0.2) is 5.13 Å². The van der Waals surface area contributed by atoms with Crippen molar-refractivity contribution in [3.63, 3.8) is 0 Å². The standard InChI is InChI=1S/C14H22N2O2S/c1-4-8-16(10-6-7-10)14-15-11(9(3)5-2)12(19-14)13(17)18/h9-10H,4-8H2,1-3H3,(H,17,18). The third kappa shape index (κ3) is 3.08. The van der Waals surface area contributed by atoms with Crippen LogP contribution in [0.4, 0.5) is 5.13 Å². The fourth-order valence-electron chi connectivity index (χ4n) is 2.19. The van der Waals surface area contributed by atoms with Gasteiger partial charge in [0.1, 0.15) is 4.88 Å². The Hall–Kier alpha value is -1.10. The Balaban J connectivity index is 2.32. The zero-order valence-corrected chi connectivity index (χ0v) is 12.7. The van der Waals surface area contributed by atoms with E-state index in [1.807, 2.05) is 6.92 Å². The minimum atomic E-state index is -0.841. The summed E-state index contributed by atoms with van der Waals surface area (Å²) in [6.45, 7) is 7.24. The van der Waals surface area contributed by atoms with Crippen LogP contribution in [0.15, 0.2) is 0 Å². The van der Waals surface area contributed by atoms with E-state index < -0.39 is 5.97 Å². The lowest BCUT2D eigenvalue weighted by Gasteiger charge is -2.20. The van der Waals surface area contributed by atoms with Crippen LogP contribution in [-0.2, 0) is 0 Å². The Labute approximate surface area is 118 Å². The normalized spacial score (nSPS) is 16.4. The van der Waals surface area contributed by atoms with Crippen molar-refractivity contribution in [2.24, 2.45) is 0 Å². The summed E-state index contributed by atoms with van der Waals surface area (Å²) in [4.78, 5) is 18.7. The van der Waals surface area contributed by atoms with Gasteiger partial charge in [-0.1, -0.05) is 32.1 Å². The summed E-state index contributed by atoms with van der Waals surface area (Å²) in [5.74, 6) is -0.634. The number of carboxylic acid groups (broad SMARTS) is 1. The second kappa shape index (κ2) is 5.90. The molecule has 1 N–H and O–H groups in total. The number of rotatable bonds is 7. The fourth-order valence-corrected chi connectivity index (χ4v) is 3.31. The van der Waals surface area contributed by atoms with E-state index in [2.05, 4.69) is 23.7 Å². The summed E-state index contributed by atoms with van der Waals surface area (Å²) in [6.07, 6.45) is 4.40. The van der Waals surface area contributed by atoms with Gasteiger partial charge in [-0.05, 0) is 31.6 Å². The maximum atomic E-state index is 11.4. The molecule has 2 rings (SSSR count). The number of hydrogen-bond donors (Lipinski definition) is 1. The quantitative estimate of drug-likeness (QED) is 0.828. The fraction of sp³-hybridized carbons (Fsp3) is 0.714.